The summed E-state index contributed by atoms with van der Waals surface area (Å²) in [4.78, 5) is 28.0. The molecule has 0 saturated heterocycles. The van der Waals surface area contributed by atoms with Crippen LogP contribution in [0.5, 0.6) is 5.75 Å². The first-order valence-corrected chi connectivity index (χ1v) is 9.61. The number of methoxy groups -OCH3 is 2. The van der Waals surface area contributed by atoms with Crippen LogP contribution in [-0.4, -0.2) is 57.0 Å². The third-order valence-corrected chi connectivity index (χ3v) is 3.89. The van der Waals surface area contributed by atoms with Gasteiger partial charge in [-0.15, -0.1) is 24.0 Å². The van der Waals surface area contributed by atoms with E-state index in [0.29, 0.717) is 30.4 Å². The second-order valence-electron chi connectivity index (χ2n) is 8.32. The van der Waals surface area contributed by atoms with Gasteiger partial charge < -0.3 is 30.2 Å². The van der Waals surface area contributed by atoms with Gasteiger partial charge in [-0.2, -0.15) is 0 Å². The highest BCUT2D eigenvalue weighted by Crippen LogP contribution is 2.21. The van der Waals surface area contributed by atoms with Gasteiger partial charge in [-0.1, -0.05) is 6.07 Å². The number of halogens is 1. The van der Waals surface area contributed by atoms with Gasteiger partial charge in [0.05, 0.1) is 19.8 Å². The minimum Gasteiger partial charge on any atom is -0.496 e. The zero-order valence-electron chi connectivity index (χ0n) is 19.5. The summed E-state index contributed by atoms with van der Waals surface area (Å²) in [5, 5.41) is 9.20. The smallest absolute Gasteiger partial charge is 0.408 e. The molecular formula is C21H35IN4O5. The summed E-state index contributed by atoms with van der Waals surface area (Å²) < 4.78 is 15.3. The maximum absolute atomic E-state index is 12.0. The van der Waals surface area contributed by atoms with Crippen molar-refractivity contribution in [3.05, 3.63) is 29.3 Å². The van der Waals surface area contributed by atoms with Gasteiger partial charge in [-0.05, 0) is 52.3 Å². The molecule has 0 fully saturated rings. The van der Waals surface area contributed by atoms with E-state index in [2.05, 4.69) is 20.9 Å². The Balaban J connectivity index is 0.00000900. The van der Waals surface area contributed by atoms with E-state index in [9.17, 15) is 9.59 Å². The normalized spacial score (nSPS) is 11.7. The maximum atomic E-state index is 12.0. The molecule has 0 unspecified atom stereocenters. The number of alkyl carbamates (subject to hydrolysis) is 1. The third-order valence-electron chi connectivity index (χ3n) is 3.89. The SMILES string of the molecule is CN=C(NCc1ccc(C(=O)OC)c(OC)c1)NCC(C)(C)NC(=O)OC(C)(C)C.I. The summed E-state index contributed by atoms with van der Waals surface area (Å²) in [7, 11) is 4.48. The second-order valence-corrected chi connectivity index (χ2v) is 8.32. The molecule has 0 aliphatic heterocycles. The van der Waals surface area contributed by atoms with E-state index in [1.54, 1.807) is 19.2 Å². The van der Waals surface area contributed by atoms with Gasteiger partial charge in [-0.3, -0.25) is 4.99 Å². The Hall–Kier alpha value is -2.24. The van der Waals surface area contributed by atoms with Gasteiger partial charge in [0.15, 0.2) is 5.96 Å². The predicted octanol–water partition coefficient (Wildman–Crippen LogP) is 3.07. The van der Waals surface area contributed by atoms with Crippen molar-refractivity contribution < 1.29 is 23.8 Å². The summed E-state index contributed by atoms with van der Waals surface area (Å²) in [6, 6.07) is 5.23. The van der Waals surface area contributed by atoms with Crippen LogP contribution in [0.2, 0.25) is 0 Å². The molecule has 0 radical (unpaired) electrons. The number of hydrogen-bond donors (Lipinski definition) is 3. The number of ether oxygens (including phenoxy) is 3. The summed E-state index contributed by atoms with van der Waals surface area (Å²) >= 11 is 0. The van der Waals surface area contributed by atoms with Gasteiger partial charge in [0.25, 0.3) is 0 Å². The van der Waals surface area contributed by atoms with Gasteiger partial charge in [0.2, 0.25) is 0 Å². The first kappa shape index (κ1) is 28.8. The third kappa shape index (κ3) is 10.6. The Kier molecular flexibility index (Phi) is 11.7. The van der Waals surface area contributed by atoms with Crippen molar-refractivity contribution in [2.45, 2.75) is 52.3 Å². The molecule has 1 aromatic carbocycles. The van der Waals surface area contributed by atoms with Crippen molar-refractivity contribution >= 4 is 42.0 Å². The van der Waals surface area contributed by atoms with E-state index in [1.165, 1.54) is 14.2 Å². The van der Waals surface area contributed by atoms with Gasteiger partial charge >= 0.3 is 12.1 Å². The van der Waals surface area contributed by atoms with E-state index in [-0.39, 0.29) is 24.0 Å². The monoisotopic (exact) mass is 550 g/mol. The zero-order valence-corrected chi connectivity index (χ0v) is 21.9. The van der Waals surface area contributed by atoms with E-state index in [4.69, 9.17) is 14.2 Å². The highest BCUT2D eigenvalue weighted by molar-refractivity contribution is 14.0. The first-order valence-electron chi connectivity index (χ1n) is 9.61. The van der Waals surface area contributed by atoms with Gasteiger partial charge in [0.1, 0.15) is 16.9 Å². The van der Waals surface area contributed by atoms with Crippen LogP contribution in [0.4, 0.5) is 4.79 Å². The molecular weight excluding hydrogens is 515 g/mol. The number of rotatable bonds is 7. The number of esters is 1. The summed E-state index contributed by atoms with van der Waals surface area (Å²) in [5.74, 6) is 0.542. The van der Waals surface area contributed by atoms with Crippen LogP contribution in [-0.2, 0) is 16.0 Å². The number of nitrogens with one attached hydrogen (secondary N) is 3. The molecule has 0 bridgehead atoms. The van der Waals surface area contributed by atoms with E-state index in [1.807, 2.05) is 40.7 Å². The van der Waals surface area contributed by atoms with Crippen molar-refractivity contribution in [3.8, 4) is 5.75 Å². The molecule has 3 N–H and O–H groups in total. The van der Waals surface area contributed by atoms with Gasteiger partial charge in [0, 0.05) is 20.1 Å². The van der Waals surface area contributed by atoms with E-state index >= 15 is 0 Å². The fourth-order valence-corrected chi connectivity index (χ4v) is 2.46. The average Bonchev–Trinajstić information content (AvgIpc) is 2.65. The molecule has 0 spiro atoms. The Morgan fingerprint density at radius 2 is 1.71 bits per heavy atom. The topological polar surface area (TPSA) is 110 Å². The second kappa shape index (κ2) is 12.6. The van der Waals surface area contributed by atoms with Crippen molar-refractivity contribution in [2.75, 3.05) is 27.8 Å². The fraction of sp³-hybridized carbons (Fsp3) is 0.571. The lowest BCUT2D eigenvalue weighted by Crippen LogP contribution is -2.54. The molecule has 1 aromatic rings. The summed E-state index contributed by atoms with van der Waals surface area (Å²) in [6.45, 7) is 10.1. The summed E-state index contributed by atoms with van der Waals surface area (Å²) in [5.41, 5.74) is 0.135. The quantitative estimate of drug-likeness (QED) is 0.207. The van der Waals surface area contributed by atoms with Crippen molar-refractivity contribution in [1.82, 2.24) is 16.0 Å². The van der Waals surface area contributed by atoms with Crippen LogP contribution in [0, 0.1) is 0 Å². The number of carbonyl (C=O) groups is 2. The number of carbonyl (C=O) groups excluding carboxylic acids is 2. The van der Waals surface area contributed by atoms with Crippen LogP contribution in [0.25, 0.3) is 0 Å². The highest BCUT2D eigenvalue weighted by atomic mass is 127. The summed E-state index contributed by atoms with van der Waals surface area (Å²) in [6.07, 6.45) is -0.477. The molecule has 0 saturated carbocycles. The highest BCUT2D eigenvalue weighted by Gasteiger charge is 2.24. The van der Waals surface area contributed by atoms with Crippen LogP contribution >= 0.6 is 24.0 Å². The number of hydrogen-bond acceptors (Lipinski definition) is 6. The van der Waals surface area contributed by atoms with Crippen molar-refractivity contribution in [2.24, 2.45) is 4.99 Å². The fourth-order valence-electron chi connectivity index (χ4n) is 2.46. The zero-order chi connectivity index (χ0) is 22.9. The standard InChI is InChI=1S/C21H34N4O5.HI/c1-20(2,3)30-19(27)25-21(4,5)13-24-18(22-6)23-12-14-9-10-15(17(26)29-8)16(11-14)28-7;/h9-11H,12-13H2,1-8H3,(H,25,27)(H2,22,23,24);1H. The number of nitrogens with zero attached hydrogens (tertiary/aromatic N) is 1. The van der Waals surface area contributed by atoms with Crippen molar-refractivity contribution in [3.63, 3.8) is 0 Å². The lowest BCUT2D eigenvalue weighted by molar-refractivity contribution is 0.0473. The number of aliphatic imine (C=N–C) groups is 1. The molecule has 1 rings (SSSR count). The Labute approximate surface area is 201 Å². The molecule has 0 aromatic heterocycles. The molecule has 1 amide bonds. The van der Waals surface area contributed by atoms with Crippen molar-refractivity contribution in [1.29, 1.82) is 0 Å². The minimum atomic E-state index is -0.564. The number of amides is 1. The van der Waals surface area contributed by atoms with E-state index in [0.717, 1.165) is 5.56 Å². The lowest BCUT2D eigenvalue weighted by Gasteiger charge is -2.29. The lowest BCUT2D eigenvalue weighted by atomic mass is 10.1. The maximum Gasteiger partial charge on any atom is 0.408 e. The van der Waals surface area contributed by atoms with Gasteiger partial charge in [-0.25, -0.2) is 9.59 Å². The van der Waals surface area contributed by atoms with Crippen LogP contribution in [0.15, 0.2) is 23.2 Å². The molecule has 0 heterocycles. The van der Waals surface area contributed by atoms with Crippen LogP contribution in [0.3, 0.4) is 0 Å². The number of guanidine groups is 1. The minimum absolute atomic E-state index is 0. The number of benzene rings is 1. The largest absolute Gasteiger partial charge is 0.496 e. The van der Waals surface area contributed by atoms with Crippen LogP contribution < -0.4 is 20.7 Å². The molecule has 10 heteroatoms. The Morgan fingerprint density at radius 1 is 1.06 bits per heavy atom. The predicted molar refractivity (Wildman–Crippen MR) is 131 cm³/mol. The molecule has 31 heavy (non-hydrogen) atoms. The van der Waals surface area contributed by atoms with Crippen LogP contribution in [0.1, 0.15) is 50.5 Å². The molecule has 9 nitrogen and oxygen atoms in total. The molecule has 0 atom stereocenters. The Bertz CT molecular complexity index is 776. The average molecular weight is 550 g/mol. The van der Waals surface area contributed by atoms with E-state index < -0.39 is 23.2 Å². The first-order chi connectivity index (χ1) is 13.9. The Morgan fingerprint density at radius 3 is 2.23 bits per heavy atom. The molecule has 0 aliphatic rings. The molecule has 176 valence electrons. The molecule has 0 aliphatic carbocycles.